The zero-order chi connectivity index (χ0) is 22.9. The molecular weight excluding hydrogens is 483 g/mol. The molecule has 0 atom stereocenters. The maximum atomic E-state index is 13.2. The number of halogens is 4. The number of benzene rings is 2. The molecule has 0 radical (unpaired) electrons. The van der Waals surface area contributed by atoms with E-state index in [0.29, 0.717) is 20.9 Å². The first kappa shape index (κ1) is 22.4. The van der Waals surface area contributed by atoms with Crippen molar-refractivity contribution in [3.63, 3.8) is 0 Å². The Labute approximate surface area is 192 Å². The van der Waals surface area contributed by atoms with E-state index in [0.717, 1.165) is 17.8 Å². The first-order chi connectivity index (χ1) is 15.3. The van der Waals surface area contributed by atoms with Crippen molar-refractivity contribution in [2.75, 3.05) is 11.1 Å². The fraction of sp³-hybridized carbons (Fsp3) is 0.0952. The summed E-state index contributed by atoms with van der Waals surface area (Å²) in [5.74, 6) is -0.935. The first-order valence-corrected chi connectivity index (χ1v) is 11.3. The van der Waals surface area contributed by atoms with E-state index in [-0.39, 0.29) is 22.2 Å². The highest BCUT2D eigenvalue weighted by atomic mass is 35.5. The summed E-state index contributed by atoms with van der Waals surface area (Å²) in [5.41, 5.74) is -0.760. The minimum Gasteiger partial charge on any atom is -0.325 e. The number of nitrogens with one attached hydrogen (secondary N) is 1. The number of hydrogen-bond donors (Lipinski definition) is 1. The molecule has 164 valence electrons. The molecule has 0 unspecified atom stereocenters. The van der Waals surface area contributed by atoms with Gasteiger partial charge >= 0.3 is 6.18 Å². The molecule has 2 aromatic carbocycles. The predicted octanol–water partition coefficient (Wildman–Crippen LogP) is 5.85. The van der Waals surface area contributed by atoms with Crippen LogP contribution in [0.25, 0.3) is 15.9 Å². The van der Waals surface area contributed by atoms with Crippen LogP contribution in [0.5, 0.6) is 0 Å². The van der Waals surface area contributed by atoms with E-state index in [1.165, 1.54) is 34.1 Å². The zero-order valence-corrected chi connectivity index (χ0v) is 18.4. The molecule has 32 heavy (non-hydrogen) atoms. The van der Waals surface area contributed by atoms with Crippen LogP contribution >= 0.6 is 34.7 Å². The molecule has 2 aromatic heterocycles. The summed E-state index contributed by atoms with van der Waals surface area (Å²) in [7, 11) is 0. The number of carbonyl (C=O) groups is 1. The molecule has 0 aliphatic rings. The van der Waals surface area contributed by atoms with Gasteiger partial charge in [0.25, 0.3) is 5.56 Å². The van der Waals surface area contributed by atoms with Crippen molar-refractivity contribution in [2.45, 2.75) is 11.3 Å². The van der Waals surface area contributed by atoms with Crippen molar-refractivity contribution in [1.29, 1.82) is 0 Å². The third kappa shape index (κ3) is 4.52. The van der Waals surface area contributed by atoms with Gasteiger partial charge in [-0.3, -0.25) is 14.2 Å². The van der Waals surface area contributed by atoms with Crippen molar-refractivity contribution >= 4 is 56.5 Å². The summed E-state index contributed by atoms with van der Waals surface area (Å²) >= 11 is 8.44. The Morgan fingerprint density at radius 1 is 1.12 bits per heavy atom. The lowest BCUT2D eigenvalue weighted by Gasteiger charge is -2.15. The quantitative estimate of drug-likeness (QED) is 0.278. The molecule has 4 rings (SSSR count). The number of hydrogen-bond acceptors (Lipinski definition) is 5. The van der Waals surface area contributed by atoms with Gasteiger partial charge in [0.15, 0.2) is 5.16 Å². The molecule has 0 saturated carbocycles. The van der Waals surface area contributed by atoms with Gasteiger partial charge in [-0.15, -0.1) is 11.3 Å². The fourth-order valence-electron chi connectivity index (χ4n) is 2.99. The molecule has 0 bridgehead atoms. The smallest absolute Gasteiger partial charge is 0.325 e. The summed E-state index contributed by atoms with van der Waals surface area (Å²) < 4.78 is 41.3. The third-order valence-corrected chi connectivity index (χ3v) is 6.53. The molecule has 5 nitrogen and oxygen atoms in total. The van der Waals surface area contributed by atoms with Gasteiger partial charge < -0.3 is 5.32 Å². The molecule has 2 heterocycles. The summed E-state index contributed by atoms with van der Waals surface area (Å²) in [5, 5.41) is 4.53. The number of alkyl halides is 3. The van der Waals surface area contributed by atoms with E-state index in [1.807, 2.05) is 0 Å². The Bertz CT molecular complexity index is 1370. The molecule has 4 aromatic rings. The SMILES string of the molecule is O=C(CSc1nc2ccsc2c(=O)n1-c1ccccc1Cl)Nc1ccccc1C(F)(F)F. The Morgan fingerprint density at radius 3 is 2.59 bits per heavy atom. The molecule has 0 fully saturated rings. The van der Waals surface area contributed by atoms with Crippen LogP contribution in [0.3, 0.4) is 0 Å². The topological polar surface area (TPSA) is 64.0 Å². The summed E-state index contributed by atoms with van der Waals surface area (Å²) in [6.45, 7) is 0. The van der Waals surface area contributed by atoms with Crippen LogP contribution < -0.4 is 10.9 Å². The average molecular weight is 496 g/mol. The van der Waals surface area contributed by atoms with Crippen molar-refractivity contribution in [1.82, 2.24) is 9.55 Å². The minimum atomic E-state index is -4.60. The summed E-state index contributed by atoms with van der Waals surface area (Å²) in [6, 6.07) is 13.1. The van der Waals surface area contributed by atoms with E-state index in [2.05, 4.69) is 10.3 Å². The van der Waals surface area contributed by atoms with Gasteiger partial charge in [-0.25, -0.2) is 4.98 Å². The second kappa shape index (κ2) is 8.97. The van der Waals surface area contributed by atoms with E-state index in [1.54, 1.807) is 35.7 Å². The van der Waals surface area contributed by atoms with Crippen LogP contribution in [-0.4, -0.2) is 21.2 Å². The highest BCUT2D eigenvalue weighted by molar-refractivity contribution is 7.99. The van der Waals surface area contributed by atoms with Gasteiger partial charge in [0, 0.05) is 0 Å². The number of nitrogens with zero attached hydrogens (tertiary/aromatic N) is 2. The monoisotopic (exact) mass is 495 g/mol. The fourth-order valence-corrected chi connectivity index (χ4v) is 4.78. The molecule has 0 aliphatic heterocycles. The average Bonchev–Trinajstić information content (AvgIpc) is 3.22. The molecule has 1 N–H and O–H groups in total. The van der Waals surface area contributed by atoms with Gasteiger partial charge in [0.05, 0.1) is 33.2 Å². The normalized spacial score (nSPS) is 11.6. The maximum absolute atomic E-state index is 13.2. The summed E-state index contributed by atoms with van der Waals surface area (Å²) in [4.78, 5) is 30.0. The molecular formula is C21H13ClF3N3O2S2. The van der Waals surface area contributed by atoms with E-state index < -0.39 is 17.6 Å². The van der Waals surface area contributed by atoms with Crippen LogP contribution in [0.1, 0.15) is 5.56 Å². The zero-order valence-electron chi connectivity index (χ0n) is 16.0. The van der Waals surface area contributed by atoms with Crippen molar-refractivity contribution in [3.8, 4) is 5.69 Å². The van der Waals surface area contributed by atoms with E-state index >= 15 is 0 Å². The summed E-state index contributed by atoms with van der Waals surface area (Å²) in [6.07, 6.45) is -4.60. The number of rotatable bonds is 5. The number of para-hydroxylation sites is 2. The van der Waals surface area contributed by atoms with Gasteiger partial charge in [0.1, 0.15) is 4.70 Å². The van der Waals surface area contributed by atoms with Crippen LogP contribution in [0.2, 0.25) is 5.02 Å². The van der Waals surface area contributed by atoms with Gasteiger partial charge in [-0.1, -0.05) is 47.6 Å². The number of anilines is 1. The maximum Gasteiger partial charge on any atom is 0.418 e. The highest BCUT2D eigenvalue weighted by Crippen LogP contribution is 2.35. The Hall–Kier alpha value is -2.82. The lowest BCUT2D eigenvalue weighted by Crippen LogP contribution is -2.23. The Morgan fingerprint density at radius 2 is 1.84 bits per heavy atom. The van der Waals surface area contributed by atoms with Crippen molar-refractivity contribution in [2.24, 2.45) is 0 Å². The van der Waals surface area contributed by atoms with Crippen molar-refractivity contribution in [3.05, 3.63) is 80.9 Å². The second-order valence-electron chi connectivity index (χ2n) is 6.50. The second-order valence-corrected chi connectivity index (χ2v) is 8.77. The number of thioether (sulfide) groups is 1. The van der Waals surface area contributed by atoms with Crippen LogP contribution in [-0.2, 0) is 11.0 Å². The number of fused-ring (bicyclic) bond motifs is 1. The number of carbonyl (C=O) groups excluding carboxylic acids is 1. The molecule has 0 saturated heterocycles. The third-order valence-electron chi connectivity index (χ3n) is 4.38. The Balaban J connectivity index is 1.64. The van der Waals surface area contributed by atoms with Crippen LogP contribution in [0, 0.1) is 0 Å². The number of aromatic nitrogens is 2. The first-order valence-electron chi connectivity index (χ1n) is 9.10. The lowest BCUT2D eigenvalue weighted by atomic mass is 10.1. The van der Waals surface area contributed by atoms with Crippen molar-refractivity contribution < 1.29 is 18.0 Å². The number of amides is 1. The molecule has 11 heteroatoms. The molecule has 1 amide bonds. The van der Waals surface area contributed by atoms with Crippen LogP contribution in [0.4, 0.5) is 18.9 Å². The van der Waals surface area contributed by atoms with Gasteiger partial charge in [-0.05, 0) is 35.7 Å². The molecule has 0 spiro atoms. The van der Waals surface area contributed by atoms with Gasteiger partial charge in [0.2, 0.25) is 5.91 Å². The predicted molar refractivity (Wildman–Crippen MR) is 121 cm³/mol. The molecule has 0 aliphatic carbocycles. The highest BCUT2D eigenvalue weighted by Gasteiger charge is 2.33. The Kier molecular flexibility index (Phi) is 6.27. The van der Waals surface area contributed by atoms with Crippen LogP contribution in [0.15, 0.2) is 69.9 Å². The largest absolute Gasteiger partial charge is 0.418 e. The number of thiophene rings is 1. The minimum absolute atomic E-state index is 0.202. The van der Waals surface area contributed by atoms with E-state index in [9.17, 15) is 22.8 Å². The van der Waals surface area contributed by atoms with E-state index in [4.69, 9.17) is 11.6 Å². The lowest BCUT2D eigenvalue weighted by molar-refractivity contribution is -0.137. The standard InChI is InChI=1S/C21H13ClF3N3O2S2/c22-13-6-2-4-8-16(13)28-19(30)18-15(9-10-31-18)27-20(28)32-11-17(29)26-14-7-3-1-5-12(14)21(23,24)25/h1-10H,11H2,(H,26,29). The van der Waals surface area contributed by atoms with Gasteiger partial charge in [-0.2, -0.15) is 13.2 Å².